The summed E-state index contributed by atoms with van der Waals surface area (Å²) >= 11 is 5.49. The van der Waals surface area contributed by atoms with E-state index >= 15 is 0 Å². The molecule has 2 aromatic rings. The molecule has 0 radical (unpaired) electrons. The van der Waals surface area contributed by atoms with Crippen LogP contribution in [-0.2, 0) is 11.5 Å². The van der Waals surface area contributed by atoms with E-state index in [2.05, 4.69) is 51.4 Å². The Morgan fingerprint density at radius 1 is 1.26 bits per heavy atom. The van der Waals surface area contributed by atoms with Crippen LogP contribution in [0.1, 0.15) is 16.8 Å². The Kier molecular flexibility index (Phi) is 3.50. The molecule has 0 aliphatic carbocycles. The summed E-state index contributed by atoms with van der Waals surface area (Å²) in [6.45, 7) is 2.08. The van der Waals surface area contributed by atoms with Crippen molar-refractivity contribution in [2.24, 2.45) is 0 Å². The smallest absolute Gasteiger partial charge is 0.162 e. The molecule has 0 saturated heterocycles. The van der Waals surface area contributed by atoms with Gasteiger partial charge in [-0.15, -0.1) is 0 Å². The van der Waals surface area contributed by atoms with E-state index in [0.29, 0.717) is 0 Å². The third-order valence-corrected chi connectivity index (χ3v) is 4.81. The van der Waals surface area contributed by atoms with Gasteiger partial charge in [-0.1, -0.05) is 22.0 Å². The van der Waals surface area contributed by atoms with Crippen molar-refractivity contribution in [2.45, 2.75) is 18.4 Å². The van der Waals surface area contributed by atoms with Crippen LogP contribution >= 0.6 is 27.7 Å². The Morgan fingerprint density at radius 2 is 2.11 bits per heavy atom. The van der Waals surface area contributed by atoms with Crippen molar-refractivity contribution in [2.75, 3.05) is 12.4 Å². The van der Waals surface area contributed by atoms with Crippen molar-refractivity contribution in [1.29, 1.82) is 0 Å². The van der Waals surface area contributed by atoms with Crippen LogP contribution in [0.15, 0.2) is 22.7 Å². The molecule has 2 heterocycles. The molecule has 1 N–H and O–H groups in total. The maximum Gasteiger partial charge on any atom is 0.162 e. The number of hydrogen-bond donors (Lipinski definition) is 1. The lowest BCUT2D eigenvalue weighted by Gasteiger charge is -2.10. The van der Waals surface area contributed by atoms with E-state index in [0.717, 1.165) is 38.9 Å². The zero-order valence-electron chi connectivity index (χ0n) is 10.8. The molecule has 3 rings (SSSR count). The third-order valence-electron chi connectivity index (χ3n) is 3.18. The van der Waals surface area contributed by atoms with Crippen LogP contribution in [0.25, 0.3) is 11.4 Å². The van der Waals surface area contributed by atoms with Crippen LogP contribution < -0.4 is 5.32 Å². The first-order valence-electron chi connectivity index (χ1n) is 6.11. The molecule has 1 aromatic carbocycles. The normalized spacial score (nSPS) is 13.4. The number of halogens is 1. The summed E-state index contributed by atoms with van der Waals surface area (Å²) in [5.41, 5.74) is 4.68. The molecular weight excluding hydrogens is 322 g/mol. The van der Waals surface area contributed by atoms with Crippen molar-refractivity contribution in [3.63, 3.8) is 0 Å². The molecule has 0 bridgehead atoms. The first-order valence-corrected chi connectivity index (χ1v) is 8.05. The first kappa shape index (κ1) is 12.9. The molecule has 3 nitrogen and oxygen atoms in total. The van der Waals surface area contributed by atoms with E-state index in [-0.39, 0.29) is 0 Å². The lowest BCUT2D eigenvalue weighted by atomic mass is 10.1. The highest BCUT2D eigenvalue weighted by Crippen LogP contribution is 2.35. The monoisotopic (exact) mass is 335 g/mol. The summed E-state index contributed by atoms with van der Waals surface area (Å²) in [7, 11) is 1.92. The number of hydrogen-bond acceptors (Lipinski definition) is 4. The number of benzene rings is 1. The molecule has 0 spiro atoms. The maximum atomic E-state index is 4.72. The van der Waals surface area contributed by atoms with Crippen molar-refractivity contribution >= 4 is 33.5 Å². The van der Waals surface area contributed by atoms with Gasteiger partial charge in [0.15, 0.2) is 5.82 Å². The van der Waals surface area contributed by atoms with E-state index in [1.165, 1.54) is 11.1 Å². The Morgan fingerprint density at radius 3 is 2.84 bits per heavy atom. The topological polar surface area (TPSA) is 37.8 Å². The highest BCUT2D eigenvalue weighted by atomic mass is 79.9. The van der Waals surface area contributed by atoms with Crippen LogP contribution in [0, 0.1) is 6.92 Å². The molecule has 5 heteroatoms. The molecule has 0 atom stereocenters. The Labute approximate surface area is 125 Å². The fraction of sp³-hybridized carbons (Fsp3) is 0.286. The number of rotatable bonds is 2. The minimum absolute atomic E-state index is 0.789. The number of fused-ring (bicyclic) bond motifs is 1. The average molecular weight is 336 g/mol. The van der Waals surface area contributed by atoms with E-state index in [9.17, 15) is 0 Å². The standard InChI is InChI=1S/C14H14BrN3S/c1-8-3-4-9(11(15)5-8)14-17-12-7-19-6-10(12)13(16-2)18-14/h3-5H,6-7H2,1-2H3,(H,16,17,18). The van der Waals surface area contributed by atoms with Gasteiger partial charge in [0.2, 0.25) is 0 Å². The zero-order valence-corrected chi connectivity index (χ0v) is 13.2. The second-order valence-corrected chi connectivity index (χ2v) is 6.39. The summed E-state index contributed by atoms with van der Waals surface area (Å²) in [5.74, 6) is 3.72. The number of aromatic nitrogens is 2. The van der Waals surface area contributed by atoms with Crippen LogP contribution in [0.3, 0.4) is 0 Å². The number of nitrogens with zero attached hydrogens (tertiary/aromatic N) is 2. The van der Waals surface area contributed by atoms with E-state index < -0.39 is 0 Å². The fourth-order valence-electron chi connectivity index (χ4n) is 2.18. The van der Waals surface area contributed by atoms with Crippen LogP contribution in [-0.4, -0.2) is 17.0 Å². The maximum absolute atomic E-state index is 4.72. The minimum atomic E-state index is 0.789. The molecule has 19 heavy (non-hydrogen) atoms. The van der Waals surface area contributed by atoms with Gasteiger partial charge in [-0.2, -0.15) is 11.8 Å². The summed E-state index contributed by atoms with van der Waals surface area (Å²) in [4.78, 5) is 9.38. The molecule has 0 unspecified atom stereocenters. The van der Waals surface area contributed by atoms with Gasteiger partial charge >= 0.3 is 0 Å². The molecular formula is C14H14BrN3S. The highest BCUT2D eigenvalue weighted by molar-refractivity contribution is 9.10. The highest BCUT2D eigenvalue weighted by Gasteiger charge is 2.20. The minimum Gasteiger partial charge on any atom is -0.373 e. The molecule has 0 saturated carbocycles. The number of anilines is 1. The summed E-state index contributed by atoms with van der Waals surface area (Å²) < 4.78 is 1.04. The molecule has 1 aliphatic heterocycles. The van der Waals surface area contributed by atoms with Gasteiger partial charge in [-0.3, -0.25) is 0 Å². The van der Waals surface area contributed by atoms with E-state index in [1.807, 2.05) is 18.8 Å². The third kappa shape index (κ3) is 2.37. The summed E-state index contributed by atoms with van der Waals surface area (Å²) in [6, 6.07) is 6.26. The summed E-state index contributed by atoms with van der Waals surface area (Å²) in [5, 5.41) is 3.19. The Bertz CT molecular complexity index is 643. The number of aryl methyl sites for hydroxylation is 1. The van der Waals surface area contributed by atoms with Crippen molar-refractivity contribution in [3.8, 4) is 11.4 Å². The van der Waals surface area contributed by atoms with Gasteiger partial charge in [-0.25, -0.2) is 9.97 Å². The van der Waals surface area contributed by atoms with Crippen LogP contribution in [0.4, 0.5) is 5.82 Å². The van der Waals surface area contributed by atoms with Crippen molar-refractivity contribution in [3.05, 3.63) is 39.5 Å². The lowest BCUT2D eigenvalue weighted by molar-refractivity contribution is 1.07. The zero-order chi connectivity index (χ0) is 13.4. The second-order valence-electron chi connectivity index (χ2n) is 4.55. The van der Waals surface area contributed by atoms with Crippen LogP contribution in [0.5, 0.6) is 0 Å². The molecule has 0 amide bonds. The predicted octanol–water partition coefficient (Wildman–Crippen LogP) is 4.00. The second kappa shape index (κ2) is 5.13. The van der Waals surface area contributed by atoms with Gasteiger partial charge < -0.3 is 5.32 Å². The largest absolute Gasteiger partial charge is 0.373 e. The van der Waals surface area contributed by atoms with E-state index in [4.69, 9.17) is 4.98 Å². The first-order chi connectivity index (χ1) is 9.19. The number of nitrogens with one attached hydrogen (secondary N) is 1. The van der Waals surface area contributed by atoms with Gasteiger partial charge in [0.25, 0.3) is 0 Å². The van der Waals surface area contributed by atoms with Gasteiger partial charge in [0.1, 0.15) is 5.82 Å². The molecule has 0 fully saturated rings. The van der Waals surface area contributed by atoms with Gasteiger partial charge in [-0.05, 0) is 24.6 Å². The molecule has 98 valence electrons. The quantitative estimate of drug-likeness (QED) is 0.899. The van der Waals surface area contributed by atoms with Crippen LogP contribution in [0.2, 0.25) is 0 Å². The van der Waals surface area contributed by atoms with Gasteiger partial charge in [0, 0.05) is 34.2 Å². The predicted molar refractivity (Wildman–Crippen MR) is 84.5 cm³/mol. The van der Waals surface area contributed by atoms with E-state index in [1.54, 1.807) is 0 Å². The lowest BCUT2D eigenvalue weighted by Crippen LogP contribution is -2.03. The Hall–Kier alpha value is -1.07. The Balaban J connectivity index is 2.15. The molecule has 1 aliphatic rings. The fourth-order valence-corrected chi connectivity index (χ4v) is 3.89. The van der Waals surface area contributed by atoms with Gasteiger partial charge in [0.05, 0.1) is 5.69 Å². The number of thioether (sulfide) groups is 1. The van der Waals surface area contributed by atoms with Crippen molar-refractivity contribution in [1.82, 2.24) is 9.97 Å². The van der Waals surface area contributed by atoms with Crippen molar-refractivity contribution < 1.29 is 0 Å². The average Bonchev–Trinajstić information content (AvgIpc) is 2.85. The molecule has 1 aromatic heterocycles. The SMILES string of the molecule is CNc1nc(-c2ccc(C)cc2Br)nc2c1CSC2. The summed E-state index contributed by atoms with van der Waals surface area (Å²) in [6.07, 6.45) is 0.